The van der Waals surface area contributed by atoms with Crippen LogP contribution in [0.2, 0.25) is 0 Å². The van der Waals surface area contributed by atoms with E-state index in [-0.39, 0.29) is 18.3 Å². The Balaban J connectivity index is 1.69. The van der Waals surface area contributed by atoms with E-state index in [2.05, 4.69) is 20.3 Å². The molecule has 0 saturated carbocycles. The van der Waals surface area contributed by atoms with Crippen molar-refractivity contribution in [2.75, 3.05) is 12.3 Å². The number of nitrogens with two attached hydrogens (primary N) is 1. The maximum absolute atomic E-state index is 13.9. The van der Waals surface area contributed by atoms with Gasteiger partial charge in [-0.05, 0) is 61.3 Å². The molecule has 2 fully saturated rings. The van der Waals surface area contributed by atoms with Gasteiger partial charge in [-0.25, -0.2) is 24.4 Å². The second kappa shape index (κ2) is 12.0. The number of alkyl carbamates (subject to hydrolysis) is 1. The number of hydrogen-bond donors (Lipinski definition) is 3. The summed E-state index contributed by atoms with van der Waals surface area (Å²) in [5.41, 5.74) is 6.17. The summed E-state index contributed by atoms with van der Waals surface area (Å²) in [5.74, 6) is -1.67. The Morgan fingerprint density at radius 3 is 2.34 bits per heavy atom. The van der Waals surface area contributed by atoms with Gasteiger partial charge in [-0.2, -0.15) is 0 Å². The minimum absolute atomic E-state index is 0.252. The molecule has 2 aliphatic rings. The molecule has 2 aliphatic heterocycles. The van der Waals surface area contributed by atoms with Crippen LogP contribution >= 0.6 is 0 Å². The number of aromatic nitrogens is 3. The average Bonchev–Trinajstić information content (AvgIpc) is 3.52. The molecule has 4 N–H and O–H groups in total. The fourth-order valence-corrected chi connectivity index (χ4v) is 5.51. The zero-order valence-corrected chi connectivity index (χ0v) is 27.2. The van der Waals surface area contributed by atoms with Gasteiger partial charge in [-0.1, -0.05) is 20.3 Å². The van der Waals surface area contributed by atoms with Gasteiger partial charge in [0.05, 0.1) is 17.6 Å². The van der Waals surface area contributed by atoms with Crippen LogP contribution in [0.5, 0.6) is 0 Å². The number of nitrogens with one attached hydrogen (secondary N) is 2. The summed E-state index contributed by atoms with van der Waals surface area (Å²) in [5, 5.41) is 2.65. The predicted octanol–water partition coefficient (Wildman–Crippen LogP) is 4.20. The highest BCUT2D eigenvalue weighted by Crippen LogP contribution is 2.49. The number of fused-ring (bicyclic) bond motifs is 2. The summed E-state index contributed by atoms with van der Waals surface area (Å²) in [4.78, 5) is 53.1. The molecule has 0 spiro atoms. The van der Waals surface area contributed by atoms with Gasteiger partial charge in [0.1, 0.15) is 47.9 Å². The third kappa shape index (κ3) is 7.17. The molecule has 44 heavy (non-hydrogen) atoms. The lowest BCUT2D eigenvalue weighted by molar-refractivity contribution is -0.172. The van der Waals surface area contributed by atoms with Crippen LogP contribution in [0.3, 0.4) is 0 Å². The Bertz CT molecular complexity index is 1380. The van der Waals surface area contributed by atoms with Gasteiger partial charge >= 0.3 is 18.2 Å². The first-order chi connectivity index (χ1) is 20.3. The number of amides is 2. The van der Waals surface area contributed by atoms with Gasteiger partial charge in [0.25, 0.3) is 0 Å². The number of nitrogens with zero attached hydrogens (tertiary/aromatic N) is 3. The van der Waals surface area contributed by atoms with Crippen molar-refractivity contribution in [3.05, 3.63) is 18.1 Å². The van der Waals surface area contributed by atoms with Crippen LogP contribution in [0.4, 0.5) is 15.4 Å². The molecule has 4 unspecified atom stereocenters. The Morgan fingerprint density at radius 1 is 1.09 bits per heavy atom. The molecule has 0 bridgehead atoms. The van der Waals surface area contributed by atoms with Crippen LogP contribution in [0, 0.1) is 5.92 Å². The maximum atomic E-state index is 13.9. The summed E-state index contributed by atoms with van der Waals surface area (Å²) >= 11 is 0. The standard InChI is InChI=1S/C30H46N6O8/c1-11-15(2)18(35-26(38)43-28(3,4)5)25(37)40-13-17-22-23(42-30(9,10)41-22)21(36(17)27(39)44-29(6,7)8)16-12-32-20-19(16)33-14-34-24(20)31/h12,14-15,17-18,21-23,32H,11,13H2,1-10H3,(H,35,38)(H2,31,33,34)/t15-,17?,18-,21?,22?,23?/m0/s1. The van der Waals surface area contributed by atoms with E-state index in [1.54, 1.807) is 61.6 Å². The van der Waals surface area contributed by atoms with Gasteiger partial charge in [-0.3, -0.25) is 4.90 Å². The summed E-state index contributed by atoms with van der Waals surface area (Å²) in [6, 6.07) is -2.54. The van der Waals surface area contributed by atoms with Crippen LogP contribution in [0.15, 0.2) is 12.5 Å². The quantitative estimate of drug-likeness (QED) is 0.299. The topological polar surface area (TPSA) is 180 Å². The number of nitrogen functional groups attached to an aromatic ring is 1. The average molecular weight is 619 g/mol. The van der Waals surface area contributed by atoms with E-state index in [1.165, 1.54) is 11.2 Å². The zero-order chi connectivity index (χ0) is 32.8. The number of anilines is 1. The second-order valence-corrected chi connectivity index (χ2v) is 13.8. The van der Waals surface area contributed by atoms with E-state index in [9.17, 15) is 14.4 Å². The fraction of sp³-hybridized carbons (Fsp3) is 0.700. The van der Waals surface area contributed by atoms with E-state index in [4.69, 9.17) is 29.4 Å². The smallest absolute Gasteiger partial charge is 0.411 e. The van der Waals surface area contributed by atoms with Crippen LogP contribution in [-0.4, -0.2) is 85.9 Å². The maximum Gasteiger partial charge on any atom is 0.411 e. The van der Waals surface area contributed by atoms with Crippen molar-refractivity contribution in [3.63, 3.8) is 0 Å². The van der Waals surface area contributed by atoms with E-state index in [0.29, 0.717) is 23.0 Å². The van der Waals surface area contributed by atoms with E-state index >= 15 is 0 Å². The lowest BCUT2D eigenvalue weighted by atomic mass is 9.99. The van der Waals surface area contributed by atoms with Gasteiger partial charge in [0, 0.05) is 11.8 Å². The highest BCUT2D eigenvalue weighted by atomic mass is 16.8. The monoisotopic (exact) mass is 618 g/mol. The molecule has 2 aromatic heterocycles. The minimum Gasteiger partial charge on any atom is -0.462 e. The van der Waals surface area contributed by atoms with Crippen LogP contribution in [0.1, 0.15) is 87.3 Å². The normalized spacial score (nSPS) is 24.5. The molecule has 2 aromatic rings. The van der Waals surface area contributed by atoms with Gasteiger partial charge in [0.2, 0.25) is 0 Å². The van der Waals surface area contributed by atoms with E-state index < -0.39 is 65.5 Å². The summed E-state index contributed by atoms with van der Waals surface area (Å²) in [6.45, 7) is 17.5. The first-order valence-electron chi connectivity index (χ1n) is 14.9. The van der Waals surface area contributed by atoms with Gasteiger partial charge in [-0.15, -0.1) is 0 Å². The molecule has 6 atom stereocenters. The van der Waals surface area contributed by atoms with Gasteiger partial charge in [0.15, 0.2) is 11.6 Å². The molecule has 244 valence electrons. The number of esters is 1. The SMILES string of the molecule is CC[C@H](C)[C@H](NC(=O)OC(C)(C)C)C(=O)OCC1C2OC(C)(C)OC2C(c2c[nH]c3c(N)ncnc23)N1C(=O)OC(C)(C)C. The third-order valence-corrected chi connectivity index (χ3v) is 7.49. The molecule has 4 heterocycles. The number of ether oxygens (including phenoxy) is 5. The van der Waals surface area contributed by atoms with Crippen molar-refractivity contribution in [1.29, 1.82) is 0 Å². The van der Waals surface area contributed by atoms with Crippen molar-refractivity contribution in [2.45, 2.75) is 123 Å². The van der Waals surface area contributed by atoms with Crippen molar-refractivity contribution in [2.24, 2.45) is 5.92 Å². The molecule has 2 amide bonds. The summed E-state index contributed by atoms with van der Waals surface area (Å²) in [6.07, 6.45) is 0.910. The Hall–Kier alpha value is -3.65. The lowest BCUT2D eigenvalue weighted by Crippen LogP contribution is -2.50. The number of H-pyrrole nitrogens is 1. The summed E-state index contributed by atoms with van der Waals surface area (Å²) < 4.78 is 29.8. The number of aromatic amines is 1. The molecule has 0 aliphatic carbocycles. The number of hydrogen-bond acceptors (Lipinski definition) is 11. The van der Waals surface area contributed by atoms with Crippen LogP contribution in [-0.2, 0) is 28.5 Å². The minimum atomic E-state index is -0.993. The molecular weight excluding hydrogens is 572 g/mol. The second-order valence-electron chi connectivity index (χ2n) is 13.8. The zero-order valence-electron chi connectivity index (χ0n) is 27.2. The third-order valence-electron chi connectivity index (χ3n) is 7.49. The number of rotatable bonds is 7. The van der Waals surface area contributed by atoms with Crippen LogP contribution in [0.25, 0.3) is 11.0 Å². The molecule has 2 saturated heterocycles. The molecule has 0 aromatic carbocycles. The van der Waals surface area contributed by atoms with Gasteiger partial charge < -0.3 is 39.7 Å². The number of carbonyl (C=O) groups is 3. The van der Waals surface area contributed by atoms with Crippen molar-refractivity contribution in [3.8, 4) is 0 Å². The molecule has 14 heteroatoms. The molecular formula is C30H46N6O8. The highest BCUT2D eigenvalue weighted by Gasteiger charge is 2.61. The number of likely N-dealkylation sites (tertiary alicyclic amines) is 1. The van der Waals surface area contributed by atoms with E-state index in [0.717, 1.165) is 0 Å². The van der Waals surface area contributed by atoms with Crippen molar-refractivity contribution in [1.82, 2.24) is 25.2 Å². The van der Waals surface area contributed by atoms with Crippen LogP contribution < -0.4 is 11.1 Å². The first kappa shape index (κ1) is 33.2. The Kier molecular flexibility index (Phi) is 9.09. The summed E-state index contributed by atoms with van der Waals surface area (Å²) in [7, 11) is 0. The molecule has 14 nitrogen and oxygen atoms in total. The fourth-order valence-electron chi connectivity index (χ4n) is 5.51. The predicted molar refractivity (Wildman–Crippen MR) is 160 cm³/mol. The van der Waals surface area contributed by atoms with Crippen molar-refractivity contribution < 1.29 is 38.1 Å². The first-order valence-corrected chi connectivity index (χ1v) is 14.9. The number of carbonyl (C=O) groups excluding carboxylic acids is 3. The largest absolute Gasteiger partial charge is 0.462 e. The lowest BCUT2D eigenvalue weighted by Gasteiger charge is -2.35. The highest BCUT2D eigenvalue weighted by molar-refractivity contribution is 5.88. The molecule has 0 radical (unpaired) electrons. The van der Waals surface area contributed by atoms with E-state index in [1.807, 2.05) is 13.8 Å². The van der Waals surface area contributed by atoms with Crippen molar-refractivity contribution >= 4 is 35.0 Å². The Labute approximate surface area is 257 Å². The Morgan fingerprint density at radius 2 is 1.73 bits per heavy atom. The molecule has 4 rings (SSSR count).